The molecule has 4 aromatic rings. The van der Waals surface area contributed by atoms with Crippen molar-refractivity contribution in [1.29, 1.82) is 0 Å². The standard InChI is InChI=1S/C17H16F3N9O3/c1-21-5-3-10(32-16(30)31)28-7-9(23-8-28)12-11(24-15-22-4-2-6-29(12)15)13-25-14(27-26-13)17(18,19)20/h2,4,6-8,10,21H,3,5H2,1H3,(H,30,31)(H,25,26,27). The molecule has 32 heavy (non-hydrogen) atoms. The number of hydrogen-bond donors (Lipinski definition) is 3. The predicted molar refractivity (Wildman–Crippen MR) is 101 cm³/mol. The monoisotopic (exact) mass is 451 g/mol. The molecule has 0 saturated carbocycles. The second-order valence-electron chi connectivity index (χ2n) is 6.54. The number of ether oxygens (including phenoxy) is 1. The summed E-state index contributed by atoms with van der Waals surface area (Å²) in [6.07, 6.45) is -0.782. The zero-order valence-electron chi connectivity index (χ0n) is 16.4. The van der Waals surface area contributed by atoms with Gasteiger partial charge >= 0.3 is 12.3 Å². The number of imidazole rings is 2. The number of carbonyl (C=O) groups is 1. The predicted octanol–water partition coefficient (Wildman–Crippen LogP) is 2.20. The third-order valence-electron chi connectivity index (χ3n) is 4.42. The second-order valence-corrected chi connectivity index (χ2v) is 6.54. The molecule has 4 rings (SSSR count). The number of nitrogens with zero attached hydrogens (tertiary/aromatic N) is 7. The molecule has 168 valence electrons. The lowest BCUT2D eigenvalue weighted by atomic mass is 10.2. The topological polar surface area (TPSA) is 148 Å². The van der Waals surface area contributed by atoms with Gasteiger partial charge in [0.25, 0.3) is 0 Å². The first-order valence-corrected chi connectivity index (χ1v) is 9.19. The number of aromatic nitrogens is 8. The Morgan fingerprint density at radius 3 is 2.84 bits per heavy atom. The maximum Gasteiger partial charge on any atom is 0.507 e. The number of halogens is 3. The lowest BCUT2D eigenvalue weighted by Crippen LogP contribution is -2.20. The molecule has 0 aliphatic carbocycles. The number of hydrogen-bond acceptors (Lipinski definition) is 8. The molecule has 0 fully saturated rings. The van der Waals surface area contributed by atoms with Gasteiger partial charge in [-0.3, -0.25) is 9.50 Å². The fraction of sp³-hybridized carbons (Fsp3) is 0.294. The van der Waals surface area contributed by atoms with E-state index in [-0.39, 0.29) is 28.7 Å². The van der Waals surface area contributed by atoms with E-state index < -0.39 is 24.4 Å². The van der Waals surface area contributed by atoms with Crippen molar-refractivity contribution in [1.82, 2.24) is 44.4 Å². The average molecular weight is 451 g/mol. The fourth-order valence-electron chi connectivity index (χ4n) is 3.05. The summed E-state index contributed by atoms with van der Waals surface area (Å²) in [5, 5.41) is 17.4. The third-order valence-corrected chi connectivity index (χ3v) is 4.42. The normalized spacial score (nSPS) is 12.9. The molecule has 1 unspecified atom stereocenters. The number of rotatable bonds is 7. The number of alkyl halides is 3. The first-order valence-electron chi connectivity index (χ1n) is 9.19. The molecule has 0 amide bonds. The molecular weight excluding hydrogens is 435 g/mol. The smallest absolute Gasteiger partial charge is 0.450 e. The van der Waals surface area contributed by atoms with Crippen molar-refractivity contribution in [3.8, 4) is 22.9 Å². The van der Waals surface area contributed by atoms with Crippen LogP contribution in [0.1, 0.15) is 18.5 Å². The minimum Gasteiger partial charge on any atom is -0.450 e. The van der Waals surface area contributed by atoms with Crippen LogP contribution in [-0.2, 0) is 10.9 Å². The molecule has 0 aliphatic heterocycles. The van der Waals surface area contributed by atoms with Gasteiger partial charge in [-0.05, 0) is 13.1 Å². The first kappa shape index (κ1) is 21.2. The second kappa shape index (κ2) is 8.26. The maximum absolute atomic E-state index is 13.0. The van der Waals surface area contributed by atoms with Gasteiger partial charge in [-0.15, -0.1) is 0 Å². The van der Waals surface area contributed by atoms with Crippen LogP contribution in [0.4, 0.5) is 18.0 Å². The van der Waals surface area contributed by atoms with Crippen LogP contribution in [0.2, 0.25) is 0 Å². The SMILES string of the molecule is CNCCC(OC(=O)O)n1cnc(-c2c(-c3n[nH]c(C(F)(F)F)n3)nc3ncccn23)c1. The van der Waals surface area contributed by atoms with Crippen LogP contribution in [0.5, 0.6) is 0 Å². The summed E-state index contributed by atoms with van der Waals surface area (Å²) in [6, 6.07) is 1.61. The van der Waals surface area contributed by atoms with E-state index in [0.29, 0.717) is 13.0 Å². The van der Waals surface area contributed by atoms with Crippen molar-refractivity contribution in [2.45, 2.75) is 18.8 Å². The minimum absolute atomic E-state index is 0.0200. The van der Waals surface area contributed by atoms with Gasteiger partial charge < -0.3 is 19.7 Å². The highest BCUT2D eigenvalue weighted by molar-refractivity contribution is 5.76. The number of H-pyrrole nitrogens is 1. The summed E-state index contributed by atoms with van der Waals surface area (Å²) >= 11 is 0. The summed E-state index contributed by atoms with van der Waals surface area (Å²) in [7, 11) is 1.71. The van der Waals surface area contributed by atoms with Crippen molar-refractivity contribution in [3.05, 3.63) is 36.8 Å². The quantitative estimate of drug-likeness (QED) is 0.360. The van der Waals surface area contributed by atoms with E-state index in [1.165, 1.54) is 27.7 Å². The van der Waals surface area contributed by atoms with Crippen LogP contribution in [0, 0.1) is 0 Å². The number of nitrogens with one attached hydrogen (secondary N) is 2. The Balaban J connectivity index is 1.80. The van der Waals surface area contributed by atoms with E-state index in [2.05, 4.69) is 30.4 Å². The van der Waals surface area contributed by atoms with E-state index in [1.807, 2.05) is 5.10 Å². The zero-order chi connectivity index (χ0) is 22.9. The largest absolute Gasteiger partial charge is 0.507 e. The fourth-order valence-corrected chi connectivity index (χ4v) is 3.05. The van der Waals surface area contributed by atoms with Gasteiger partial charge in [0, 0.05) is 31.6 Å². The van der Waals surface area contributed by atoms with Crippen LogP contribution < -0.4 is 5.32 Å². The van der Waals surface area contributed by atoms with E-state index in [1.54, 1.807) is 19.3 Å². The van der Waals surface area contributed by atoms with E-state index in [0.717, 1.165) is 0 Å². The Labute approximate surface area is 177 Å². The van der Waals surface area contributed by atoms with Crippen molar-refractivity contribution in [3.63, 3.8) is 0 Å². The molecule has 0 bridgehead atoms. The molecule has 4 heterocycles. The number of carboxylic acid groups (broad SMARTS) is 1. The summed E-state index contributed by atoms with van der Waals surface area (Å²) in [4.78, 5) is 27.2. The van der Waals surface area contributed by atoms with Crippen LogP contribution >= 0.6 is 0 Å². The molecule has 0 saturated heterocycles. The highest BCUT2D eigenvalue weighted by Crippen LogP contribution is 2.32. The lowest BCUT2D eigenvalue weighted by Gasteiger charge is -2.16. The van der Waals surface area contributed by atoms with Gasteiger partial charge in [0.2, 0.25) is 17.4 Å². The molecule has 3 N–H and O–H groups in total. The van der Waals surface area contributed by atoms with Gasteiger partial charge in [-0.2, -0.15) is 18.3 Å². The molecule has 15 heteroatoms. The van der Waals surface area contributed by atoms with Gasteiger partial charge in [0.1, 0.15) is 17.1 Å². The molecule has 0 radical (unpaired) electrons. The zero-order valence-corrected chi connectivity index (χ0v) is 16.4. The van der Waals surface area contributed by atoms with Crippen molar-refractivity contribution in [2.24, 2.45) is 0 Å². The van der Waals surface area contributed by atoms with Crippen LogP contribution in [0.3, 0.4) is 0 Å². The van der Waals surface area contributed by atoms with Crippen LogP contribution in [0.25, 0.3) is 28.7 Å². The molecular formula is C17H16F3N9O3. The molecule has 1 atom stereocenters. The average Bonchev–Trinajstić information content (AvgIpc) is 3.47. The Morgan fingerprint density at radius 1 is 1.34 bits per heavy atom. The van der Waals surface area contributed by atoms with Crippen LogP contribution in [0.15, 0.2) is 31.0 Å². The van der Waals surface area contributed by atoms with Crippen molar-refractivity contribution < 1.29 is 27.8 Å². The van der Waals surface area contributed by atoms with Gasteiger partial charge in [0.05, 0.1) is 6.33 Å². The van der Waals surface area contributed by atoms with Gasteiger partial charge in [0.15, 0.2) is 6.23 Å². The highest BCUT2D eigenvalue weighted by Gasteiger charge is 2.36. The van der Waals surface area contributed by atoms with Crippen molar-refractivity contribution >= 4 is 11.9 Å². The summed E-state index contributed by atoms with van der Waals surface area (Å²) in [6.45, 7) is 0.466. The minimum atomic E-state index is -4.71. The molecule has 0 aliphatic rings. The lowest BCUT2D eigenvalue weighted by molar-refractivity contribution is -0.144. The Morgan fingerprint density at radius 2 is 2.16 bits per heavy atom. The van der Waals surface area contributed by atoms with E-state index in [4.69, 9.17) is 9.84 Å². The van der Waals surface area contributed by atoms with E-state index >= 15 is 0 Å². The summed E-state index contributed by atoms with van der Waals surface area (Å²) in [5.41, 5.74) is 0.580. The van der Waals surface area contributed by atoms with Crippen LogP contribution in [-0.4, -0.2) is 64.0 Å². The third kappa shape index (κ3) is 4.09. The molecule has 4 aromatic heterocycles. The van der Waals surface area contributed by atoms with Gasteiger partial charge in [-0.25, -0.2) is 24.7 Å². The molecule has 0 aromatic carbocycles. The molecule has 0 spiro atoms. The van der Waals surface area contributed by atoms with Gasteiger partial charge in [-0.1, -0.05) is 0 Å². The molecule has 12 nitrogen and oxygen atoms in total. The Hall–Kier alpha value is -4.01. The summed E-state index contributed by atoms with van der Waals surface area (Å²) in [5.74, 6) is -1.36. The Bertz CT molecular complexity index is 1250. The first-order chi connectivity index (χ1) is 15.3. The van der Waals surface area contributed by atoms with E-state index in [9.17, 15) is 18.0 Å². The number of fused-ring (bicyclic) bond motifs is 1. The summed E-state index contributed by atoms with van der Waals surface area (Å²) < 4.78 is 46.9. The Kier molecular flexibility index (Phi) is 5.48. The maximum atomic E-state index is 13.0. The highest BCUT2D eigenvalue weighted by atomic mass is 19.4. The van der Waals surface area contributed by atoms with Crippen molar-refractivity contribution in [2.75, 3.05) is 13.6 Å². The number of aromatic amines is 1.